The van der Waals surface area contributed by atoms with Crippen LogP contribution < -0.4 is 5.32 Å². The highest BCUT2D eigenvalue weighted by molar-refractivity contribution is 5.95. The molecule has 1 N–H and O–H groups in total. The number of rotatable bonds is 5. The number of fused-ring (bicyclic) bond motifs is 2. The SMILES string of the molecule is c1ccc2c(-c3cn(-c4ccc(CO[C@@H]5CNC[C@H]6O[C@@H]56)cc4)nn3)cccc2c1. The van der Waals surface area contributed by atoms with Gasteiger partial charge in [0.2, 0.25) is 0 Å². The quantitative estimate of drug-likeness (QED) is 0.523. The van der Waals surface area contributed by atoms with Gasteiger partial charge in [0, 0.05) is 18.7 Å². The van der Waals surface area contributed by atoms with E-state index in [-0.39, 0.29) is 12.2 Å². The van der Waals surface area contributed by atoms with Crippen LogP contribution in [-0.4, -0.2) is 46.4 Å². The van der Waals surface area contributed by atoms with Gasteiger partial charge < -0.3 is 14.8 Å². The van der Waals surface area contributed by atoms with Crippen molar-refractivity contribution in [2.45, 2.75) is 24.9 Å². The van der Waals surface area contributed by atoms with Crippen molar-refractivity contribution >= 4 is 10.8 Å². The van der Waals surface area contributed by atoms with Gasteiger partial charge in [0.15, 0.2) is 0 Å². The zero-order chi connectivity index (χ0) is 19.9. The van der Waals surface area contributed by atoms with Gasteiger partial charge in [0.05, 0.1) is 30.7 Å². The fourth-order valence-corrected chi connectivity index (χ4v) is 4.20. The molecule has 2 fully saturated rings. The third-order valence-electron chi connectivity index (χ3n) is 5.90. The largest absolute Gasteiger partial charge is 0.369 e. The molecule has 3 atom stereocenters. The molecule has 3 heterocycles. The fraction of sp³-hybridized carbons (Fsp3) is 0.250. The molecular weight excluding hydrogens is 376 g/mol. The average molecular weight is 398 g/mol. The van der Waals surface area contributed by atoms with E-state index in [0.29, 0.717) is 12.7 Å². The lowest BCUT2D eigenvalue weighted by Gasteiger charge is -2.20. The molecule has 0 aliphatic carbocycles. The monoisotopic (exact) mass is 398 g/mol. The highest BCUT2D eigenvalue weighted by Gasteiger charge is 2.48. The second kappa shape index (κ2) is 7.32. The molecule has 150 valence electrons. The van der Waals surface area contributed by atoms with Crippen LogP contribution in [0.4, 0.5) is 0 Å². The first-order valence-corrected chi connectivity index (χ1v) is 10.3. The molecule has 0 amide bonds. The van der Waals surface area contributed by atoms with Crippen molar-refractivity contribution in [2.24, 2.45) is 0 Å². The van der Waals surface area contributed by atoms with Crippen LogP contribution in [0.25, 0.3) is 27.7 Å². The summed E-state index contributed by atoms with van der Waals surface area (Å²) in [6, 6.07) is 22.9. The maximum atomic E-state index is 6.05. The average Bonchev–Trinajstić information content (AvgIpc) is 3.45. The van der Waals surface area contributed by atoms with Crippen LogP contribution in [0.1, 0.15) is 5.56 Å². The molecule has 0 spiro atoms. The van der Waals surface area contributed by atoms with E-state index in [9.17, 15) is 0 Å². The topological polar surface area (TPSA) is 64.5 Å². The van der Waals surface area contributed by atoms with Crippen LogP contribution in [0.5, 0.6) is 0 Å². The summed E-state index contributed by atoms with van der Waals surface area (Å²) in [6.07, 6.45) is 2.73. The first-order chi connectivity index (χ1) is 14.8. The molecule has 2 aliphatic heterocycles. The number of piperidine rings is 1. The highest BCUT2D eigenvalue weighted by atomic mass is 16.6. The number of nitrogens with zero attached hydrogens (tertiary/aromatic N) is 3. The fourth-order valence-electron chi connectivity index (χ4n) is 4.20. The van der Waals surface area contributed by atoms with Gasteiger partial charge in [0.1, 0.15) is 11.8 Å². The Balaban J connectivity index is 1.18. The van der Waals surface area contributed by atoms with E-state index in [4.69, 9.17) is 9.47 Å². The number of aromatic nitrogens is 3. The summed E-state index contributed by atoms with van der Waals surface area (Å²) in [5.41, 5.74) is 4.06. The second-order valence-electron chi connectivity index (χ2n) is 7.89. The van der Waals surface area contributed by atoms with Crippen molar-refractivity contribution < 1.29 is 9.47 Å². The molecule has 3 aromatic carbocycles. The Labute approximate surface area is 174 Å². The maximum Gasteiger partial charge on any atom is 0.114 e. The molecule has 0 saturated carbocycles. The third kappa shape index (κ3) is 3.29. The van der Waals surface area contributed by atoms with Crippen LogP contribution in [0.2, 0.25) is 0 Å². The summed E-state index contributed by atoms with van der Waals surface area (Å²) in [5, 5.41) is 14.5. The van der Waals surface area contributed by atoms with Gasteiger partial charge in [-0.1, -0.05) is 59.8 Å². The normalized spacial score (nSPS) is 22.7. The Morgan fingerprint density at radius 3 is 2.80 bits per heavy atom. The van der Waals surface area contributed by atoms with Crippen molar-refractivity contribution in [3.8, 4) is 16.9 Å². The number of benzene rings is 3. The molecule has 0 radical (unpaired) electrons. The van der Waals surface area contributed by atoms with E-state index in [1.165, 1.54) is 10.8 Å². The number of hydrogen-bond acceptors (Lipinski definition) is 5. The van der Waals surface area contributed by atoms with Crippen LogP contribution in [-0.2, 0) is 16.1 Å². The highest BCUT2D eigenvalue weighted by Crippen LogP contribution is 2.30. The number of hydrogen-bond donors (Lipinski definition) is 1. The van der Waals surface area contributed by atoms with E-state index in [1.807, 2.05) is 10.9 Å². The summed E-state index contributed by atoms with van der Waals surface area (Å²) in [5.74, 6) is 0. The minimum absolute atomic E-state index is 0.141. The van der Waals surface area contributed by atoms with Gasteiger partial charge in [-0.15, -0.1) is 5.10 Å². The lowest BCUT2D eigenvalue weighted by Crippen LogP contribution is -2.41. The van der Waals surface area contributed by atoms with Gasteiger partial charge >= 0.3 is 0 Å². The Morgan fingerprint density at radius 2 is 1.87 bits per heavy atom. The smallest absolute Gasteiger partial charge is 0.114 e. The number of nitrogens with one attached hydrogen (secondary N) is 1. The zero-order valence-electron chi connectivity index (χ0n) is 16.4. The molecule has 6 heteroatoms. The van der Waals surface area contributed by atoms with E-state index in [2.05, 4.69) is 82.4 Å². The Morgan fingerprint density at radius 1 is 1.00 bits per heavy atom. The van der Waals surface area contributed by atoms with E-state index < -0.39 is 0 Å². The molecule has 0 unspecified atom stereocenters. The zero-order valence-corrected chi connectivity index (χ0v) is 16.4. The van der Waals surface area contributed by atoms with Crippen LogP contribution in [0.3, 0.4) is 0 Å². The van der Waals surface area contributed by atoms with Gasteiger partial charge in [-0.05, 0) is 28.5 Å². The summed E-state index contributed by atoms with van der Waals surface area (Å²) in [6.45, 7) is 2.38. The lowest BCUT2D eigenvalue weighted by molar-refractivity contribution is 0.0211. The predicted molar refractivity (Wildman–Crippen MR) is 114 cm³/mol. The third-order valence-corrected chi connectivity index (χ3v) is 5.90. The number of epoxide rings is 1. The van der Waals surface area contributed by atoms with Gasteiger partial charge in [0.25, 0.3) is 0 Å². The van der Waals surface area contributed by atoms with Gasteiger partial charge in [-0.25, -0.2) is 4.68 Å². The first-order valence-electron chi connectivity index (χ1n) is 10.3. The molecule has 6 nitrogen and oxygen atoms in total. The molecule has 2 aliphatic rings. The summed E-state index contributed by atoms with van der Waals surface area (Å²) >= 11 is 0. The van der Waals surface area contributed by atoms with Crippen molar-refractivity contribution in [3.63, 3.8) is 0 Å². The minimum atomic E-state index is 0.141. The molecule has 2 saturated heterocycles. The Bertz CT molecular complexity index is 1180. The second-order valence-corrected chi connectivity index (χ2v) is 7.89. The van der Waals surface area contributed by atoms with Gasteiger partial charge in [-0.3, -0.25) is 0 Å². The predicted octanol–water partition coefficient (Wildman–Crippen LogP) is 3.34. The van der Waals surface area contributed by atoms with Crippen LogP contribution in [0, 0.1) is 0 Å². The first kappa shape index (κ1) is 17.8. The molecule has 30 heavy (non-hydrogen) atoms. The molecule has 1 aromatic heterocycles. The van der Waals surface area contributed by atoms with Crippen molar-refractivity contribution in [3.05, 3.63) is 78.5 Å². The minimum Gasteiger partial charge on any atom is -0.369 e. The number of ether oxygens (including phenoxy) is 2. The van der Waals surface area contributed by atoms with Crippen LogP contribution >= 0.6 is 0 Å². The standard InChI is InChI=1S/C24H22N4O2/c1-2-6-19-17(4-1)5-3-7-20(19)21-14-28(27-26-21)18-10-8-16(9-11-18)15-29-22-12-25-13-23-24(22)30-23/h1-11,14,22-25H,12-13,15H2/t22-,23-,24+/m1/s1. The Hall–Kier alpha value is -3.06. The summed E-state index contributed by atoms with van der Waals surface area (Å²) < 4.78 is 13.5. The molecular formula is C24H22N4O2. The van der Waals surface area contributed by atoms with E-state index >= 15 is 0 Å². The van der Waals surface area contributed by atoms with Crippen molar-refractivity contribution in [1.82, 2.24) is 20.3 Å². The Kier molecular flexibility index (Phi) is 4.34. The van der Waals surface area contributed by atoms with Crippen molar-refractivity contribution in [2.75, 3.05) is 13.1 Å². The molecule has 4 aromatic rings. The summed E-state index contributed by atoms with van der Waals surface area (Å²) in [7, 11) is 0. The van der Waals surface area contributed by atoms with E-state index in [1.54, 1.807) is 0 Å². The summed E-state index contributed by atoms with van der Waals surface area (Å²) in [4.78, 5) is 0. The van der Waals surface area contributed by atoms with Crippen molar-refractivity contribution in [1.29, 1.82) is 0 Å². The maximum absolute atomic E-state index is 6.05. The molecule has 0 bridgehead atoms. The molecule has 6 rings (SSSR count). The van der Waals surface area contributed by atoms with Crippen LogP contribution in [0.15, 0.2) is 72.9 Å². The lowest BCUT2D eigenvalue weighted by atomic mass is 10.0. The van der Waals surface area contributed by atoms with Gasteiger partial charge in [-0.2, -0.15) is 0 Å². The van der Waals surface area contributed by atoms with E-state index in [0.717, 1.165) is 35.6 Å².